The fraction of sp³-hybridized carbons (Fsp3) is 0.278. The third kappa shape index (κ3) is 3.51. The van der Waals surface area contributed by atoms with Crippen molar-refractivity contribution >= 4 is 16.8 Å². The van der Waals surface area contributed by atoms with Crippen LogP contribution in [0, 0.1) is 11.3 Å². The van der Waals surface area contributed by atoms with E-state index in [0.717, 1.165) is 12.1 Å². The number of pyridine rings is 2. The van der Waals surface area contributed by atoms with Gasteiger partial charge in [-0.15, -0.1) is 0 Å². The number of nitriles is 1. The highest BCUT2D eigenvalue weighted by Gasteiger charge is 2.32. The third-order valence-electron chi connectivity index (χ3n) is 4.01. The largest absolute Gasteiger partial charge is 0.417 e. The van der Waals surface area contributed by atoms with Crippen molar-refractivity contribution < 1.29 is 18.0 Å². The Labute approximate surface area is 152 Å². The molecule has 0 saturated heterocycles. The molecule has 6 nitrogen and oxygen atoms in total. The van der Waals surface area contributed by atoms with Gasteiger partial charge in [0.15, 0.2) is 17.3 Å². The molecule has 0 N–H and O–H groups in total. The van der Waals surface area contributed by atoms with Gasteiger partial charge in [0.25, 0.3) is 0 Å². The van der Waals surface area contributed by atoms with Crippen LogP contribution in [0.1, 0.15) is 47.4 Å². The summed E-state index contributed by atoms with van der Waals surface area (Å²) in [6.45, 7) is 3.88. The van der Waals surface area contributed by atoms with E-state index >= 15 is 0 Å². The number of Topliss-reactive ketones (excluding diaryl/α,β-unsaturated/α-hetero) is 1. The minimum Gasteiger partial charge on any atom is -0.292 e. The monoisotopic (exact) mass is 373 g/mol. The molecule has 0 aliphatic rings. The molecule has 0 unspecified atom stereocenters. The van der Waals surface area contributed by atoms with Crippen molar-refractivity contribution in [2.24, 2.45) is 0 Å². The second kappa shape index (κ2) is 6.79. The van der Waals surface area contributed by atoms with Crippen LogP contribution in [-0.2, 0) is 6.18 Å². The van der Waals surface area contributed by atoms with Crippen molar-refractivity contribution in [3.63, 3.8) is 0 Å². The molecule has 3 heterocycles. The lowest BCUT2D eigenvalue weighted by Gasteiger charge is -2.10. The summed E-state index contributed by atoms with van der Waals surface area (Å²) in [6, 6.07) is 5.29. The van der Waals surface area contributed by atoms with Gasteiger partial charge in [-0.05, 0) is 32.0 Å². The topological polar surface area (TPSA) is 84.5 Å². The van der Waals surface area contributed by atoms with Gasteiger partial charge in [-0.1, -0.05) is 0 Å². The van der Waals surface area contributed by atoms with Crippen molar-refractivity contribution in [2.45, 2.75) is 32.0 Å². The lowest BCUT2D eigenvalue weighted by atomic mass is 9.95. The fourth-order valence-corrected chi connectivity index (χ4v) is 2.62. The number of ketones is 1. The second-order valence-electron chi connectivity index (χ2n) is 6.22. The number of hydrogen-bond acceptors (Lipinski definition) is 5. The van der Waals surface area contributed by atoms with E-state index < -0.39 is 23.4 Å². The van der Waals surface area contributed by atoms with Gasteiger partial charge >= 0.3 is 6.18 Å². The van der Waals surface area contributed by atoms with E-state index in [0.29, 0.717) is 17.2 Å². The van der Waals surface area contributed by atoms with Crippen LogP contribution in [-0.4, -0.2) is 25.5 Å². The van der Waals surface area contributed by atoms with Gasteiger partial charge in [0.05, 0.1) is 23.5 Å². The Balaban J connectivity index is 1.93. The molecule has 0 saturated carbocycles. The summed E-state index contributed by atoms with van der Waals surface area (Å²) in [5, 5.41) is 14.2. The number of fused-ring (bicyclic) bond motifs is 1. The number of alkyl halides is 3. The molecule has 0 amide bonds. The Bertz CT molecular complexity index is 1030. The molecule has 27 heavy (non-hydrogen) atoms. The summed E-state index contributed by atoms with van der Waals surface area (Å²) in [7, 11) is 0. The van der Waals surface area contributed by atoms with Crippen LogP contribution in [0.4, 0.5) is 13.2 Å². The smallest absolute Gasteiger partial charge is 0.292 e. The summed E-state index contributed by atoms with van der Waals surface area (Å²) < 4.78 is 39.6. The zero-order valence-electron chi connectivity index (χ0n) is 14.4. The van der Waals surface area contributed by atoms with Gasteiger partial charge in [-0.25, -0.2) is 9.67 Å². The van der Waals surface area contributed by atoms with Crippen LogP contribution in [0.2, 0.25) is 0 Å². The number of rotatable bonds is 4. The zero-order chi connectivity index (χ0) is 19.8. The number of hydrogen-bond donors (Lipinski definition) is 0. The highest BCUT2D eigenvalue weighted by Crippen LogP contribution is 2.29. The Morgan fingerprint density at radius 2 is 1.93 bits per heavy atom. The Morgan fingerprint density at radius 3 is 2.48 bits per heavy atom. The van der Waals surface area contributed by atoms with E-state index in [1.807, 2.05) is 13.8 Å². The van der Waals surface area contributed by atoms with Gasteiger partial charge in [0.1, 0.15) is 0 Å². The summed E-state index contributed by atoms with van der Waals surface area (Å²) in [4.78, 5) is 20.6. The molecule has 0 fully saturated rings. The van der Waals surface area contributed by atoms with Crippen LogP contribution < -0.4 is 0 Å². The van der Waals surface area contributed by atoms with Crippen LogP contribution in [0.25, 0.3) is 11.0 Å². The number of nitrogens with zero attached hydrogens (tertiary/aromatic N) is 5. The number of carbonyl (C=O) groups is 1. The van der Waals surface area contributed by atoms with Gasteiger partial charge in [-0.2, -0.15) is 23.5 Å². The molecule has 0 bridgehead atoms. The third-order valence-corrected chi connectivity index (χ3v) is 4.01. The van der Waals surface area contributed by atoms with Crippen molar-refractivity contribution in [2.75, 3.05) is 0 Å². The molecule has 3 rings (SSSR count). The first-order chi connectivity index (χ1) is 12.7. The van der Waals surface area contributed by atoms with Gasteiger partial charge in [-0.3, -0.25) is 9.78 Å². The number of halogens is 3. The lowest BCUT2D eigenvalue weighted by Crippen LogP contribution is -2.14. The predicted molar refractivity (Wildman–Crippen MR) is 89.8 cm³/mol. The molecule has 0 radical (unpaired) electrons. The minimum absolute atomic E-state index is 0.0477. The molecule has 3 aromatic rings. The number of aromatic nitrogens is 4. The van der Waals surface area contributed by atoms with Crippen molar-refractivity contribution in [1.29, 1.82) is 5.26 Å². The van der Waals surface area contributed by atoms with E-state index in [4.69, 9.17) is 0 Å². The molecule has 9 heteroatoms. The summed E-state index contributed by atoms with van der Waals surface area (Å²) in [5.74, 6) is -1.91. The molecule has 0 spiro atoms. The maximum absolute atomic E-state index is 12.7. The van der Waals surface area contributed by atoms with Crippen LogP contribution in [0.5, 0.6) is 0 Å². The Morgan fingerprint density at radius 1 is 1.19 bits per heavy atom. The Hall–Kier alpha value is -3.28. The first-order valence-electron chi connectivity index (χ1n) is 8.02. The highest BCUT2D eigenvalue weighted by molar-refractivity contribution is 6.04. The van der Waals surface area contributed by atoms with Crippen LogP contribution in [0.3, 0.4) is 0 Å². The van der Waals surface area contributed by atoms with Gasteiger partial charge < -0.3 is 0 Å². The summed E-state index contributed by atoms with van der Waals surface area (Å²) in [6.07, 6.45) is -1.03. The van der Waals surface area contributed by atoms with Crippen molar-refractivity contribution in [3.8, 4) is 6.07 Å². The lowest BCUT2D eigenvalue weighted by molar-refractivity contribution is -0.137. The van der Waals surface area contributed by atoms with E-state index in [1.165, 1.54) is 6.20 Å². The fourth-order valence-electron chi connectivity index (χ4n) is 2.62. The van der Waals surface area contributed by atoms with Gasteiger partial charge in [0, 0.05) is 29.4 Å². The number of carbonyl (C=O) groups excluding carboxylic acids is 1. The maximum Gasteiger partial charge on any atom is 0.417 e. The molecule has 0 aliphatic carbocycles. The molecular formula is C18H14F3N5O. The molecular weight excluding hydrogens is 359 g/mol. The summed E-state index contributed by atoms with van der Waals surface area (Å²) >= 11 is 0. The molecule has 138 valence electrons. The normalized spacial score (nSPS) is 12.9. The van der Waals surface area contributed by atoms with E-state index in [9.17, 15) is 23.2 Å². The van der Waals surface area contributed by atoms with Crippen LogP contribution >= 0.6 is 0 Å². The molecule has 1 atom stereocenters. The zero-order valence-corrected chi connectivity index (χ0v) is 14.4. The first-order valence-corrected chi connectivity index (χ1v) is 8.02. The second-order valence-corrected chi connectivity index (χ2v) is 6.22. The van der Waals surface area contributed by atoms with E-state index in [1.54, 1.807) is 23.0 Å². The molecule has 3 aromatic heterocycles. The Kier molecular flexibility index (Phi) is 4.66. The average Bonchev–Trinajstić information content (AvgIpc) is 3.05. The standard InChI is InChI=1S/C18H14F3N5O/c1-10(2)26-17-12(8-25-26)5-11(7-24-17)16(27)14(6-22)15-4-3-13(9-23-15)18(19,20)21/h3-5,7-10,14H,1-2H3/t14-/m1/s1. The quantitative estimate of drug-likeness (QED) is 0.647. The molecule has 0 aromatic carbocycles. The van der Waals surface area contributed by atoms with Crippen molar-refractivity contribution in [3.05, 3.63) is 53.6 Å². The first kappa shape index (κ1) is 18.5. The molecule has 0 aliphatic heterocycles. The predicted octanol–water partition coefficient (Wildman–Crippen LogP) is 3.92. The van der Waals surface area contributed by atoms with Crippen molar-refractivity contribution in [1.82, 2.24) is 19.7 Å². The maximum atomic E-state index is 12.7. The minimum atomic E-state index is -4.54. The van der Waals surface area contributed by atoms with E-state index in [2.05, 4.69) is 15.1 Å². The van der Waals surface area contributed by atoms with Crippen LogP contribution in [0.15, 0.2) is 36.8 Å². The van der Waals surface area contributed by atoms with Gasteiger partial charge in [0.2, 0.25) is 0 Å². The highest BCUT2D eigenvalue weighted by atomic mass is 19.4. The average molecular weight is 373 g/mol. The summed E-state index contributed by atoms with van der Waals surface area (Å²) in [5.41, 5.74) is -0.227. The van der Waals surface area contributed by atoms with E-state index in [-0.39, 0.29) is 17.3 Å². The SMILES string of the molecule is CC(C)n1ncc2cc(C(=O)[C@H](C#N)c3ccc(C(F)(F)F)cn3)cnc21.